The zero-order valence-corrected chi connectivity index (χ0v) is 25.0. The van der Waals surface area contributed by atoms with Crippen molar-refractivity contribution in [1.29, 1.82) is 0 Å². The number of ether oxygens (including phenoxy) is 3. The van der Waals surface area contributed by atoms with E-state index >= 15 is 0 Å². The average molecular weight is 612 g/mol. The molecule has 8 nitrogen and oxygen atoms in total. The Balaban J connectivity index is 1.47. The van der Waals surface area contributed by atoms with Crippen molar-refractivity contribution in [2.24, 2.45) is 0 Å². The molecular formula is C30H28Cl2N4O4S. The fourth-order valence-corrected chi connectivity index (χ4v) is 5.70. The Morgan fingerprint density at radius 1 is 1.05 bits per heavy atom. The molecule has 0 saturated heterocycles. The third-order valence-electron chi connectivity index (χ3n) is 6.44. The highest BCUT2D eigenvalue weighted by Crippen LogP contribution is 2.40. The first kappa shape index (κ1) is 28.9. The number of carbonyl (C=O) groups excluding carboxylic acids is 1. The Hall–Kier alpha value is -3.66. The van der Waals surface area contributed by atoms with Crippen LogP contribution in [-0.2, 0) is 21.9 Å². The quantitative estimate of drug-likeness (QED) is 0.148. The lowest BCUT2D eigenvalue weighted by molar-refractivity contribution is -0.136. The van der Waals surface area contributed by atoms with E-state index in [1.54, 1.807) is 4.68 Å². The van der Waals surface area contributed by atoms with Crippen molar-refractivity contribution in [2.75, 3.05) is 19.0 Å². The summed E-state index contributed by atoms with van der Waals surface area (Å²) >= 11 is 13.8. The molecule has 5 rings (SSSR count). The number of hydrogen-bond acceptors (Lipinski definition) is 8. The van der Waals surface area contributed by atoms with E-state index in [4.69, 9.17) is 47.5 Å². The number of methoxy groups -OCH3 is 1. The SMILES string of the molecule is CCOc1cc(C2C(C(=O)OC)=C(C)Nc3nc(SCc4ccccc4Cl)nn32)ccc1OCc1ccc(Cl)cc1. The van der Waals surface area contributed by atoms with Crippen LogP contribution in [0.4, 0.5) is 5.95 Å². The number of fused-ring (bicyclic) bond motifs is 1. The second kappa shape index (κ2) is 12.9. The molecule has 0 saturated carbocycles. The maximum atomic E-state index is 13.0. The number of esters is 1. The molecule has 0 radical (unpaired) electrons. The first-order chi connectivity index (χ1) is 19.9. The Morgan fingerprint density at radius 2 is 1.83 bits per heavy atom. The van der Waals surface area contributed by atoms with Gasteiger partial charge in [0.1, 0.15) is 12.6 Å². The molecule has 1 aliphatic heterocycles. The van der Waals surface area contributed by atoms with Crippen LogP contribution in [0.3, 0.4) is 0 Å². The Bertz CT molecular complexity index is 1590. The smallest absolute Gasteiger partial charge is 0.338 e. The number of allylic oxidation sites excluding steroid dienone is 1. The molecule has 1 aliphatic rings. The number of anilines is 1. The molecular weight excluding hydrogens is 583 g/mol. The predicted molar refractivity (Wildman–Crippen MR) is 161 cm³/mol. The van der Waals surface area contributed by atoms with Gasteiger partial charge in [-0.25, -0.2) is 9.48 Å². The minimum absolute atomic E-state index is 0.343. The number of hydrogen-bond donors (Lipinski definition) is 1. The highest BCUT2D eigenvalue weighted by Gasteiger charge is 2.35. The molecule has 1 atom stereocenters. The van der Waals surface area contributed by atoms with Crippen molar-refractivity contribution < 1.29 is 19.0 Å². The highest BCUT2D eigenvalue weighted by molar-refractivity contribution is 7.98. The number of halogens is 2. The summed E-state index contributed by atoms with van der Waals surface area (Å²) in [5, 5.41) is 9.88. The van der Waals surface area contributed by atoms with Crippen LogP contribution in [0.1, 0.15) is 36.6 Å². The molecule has 1 aromatic heterocycles. The molecule has 0 bridgehead atoms. The molecule has 4 aromatic rings. The van der Waals surface area contributed by atoms with Crippen LogP contribution in [0.2, 0.25) is 10.0 Å². The van der Waals surface area contributed by atoms with E-state index in [2.05, 4.69) is 5.32 Å². The summed E-state index contributed by atoms with van der Waals surface area (Å²) in [4.78, 5) is 17.7. The second-order valence-electron chi connectivity index (χ2n) is 9.15. The van der Waals surface area contributed by atoms with Gasteiger partial charge in [-0.15, -0.1) is 5.10 Å². The molecule has 0 amide bonds. The van der Waals surface area contributed by atoms with Gasteiger partial charge in [-0.3, -0.25) is 0 Å². The molecule has 0 spiro atoms. The van der Waals surface area contributed by atoms with E-state index in [1.165, 1.54) is 18.9 Å². The van der Waals surface area contributed by atoms with E-state index in [-0.39, 0.29) is 0 Å². The third-order valence-corrected chi connectivity index (χ3v) is 7.95. The van der Waals surface area contributed by atoms with Gasteiger partial charge in [0.15, 0.2) is 11.5 Å². The fourth-order valence-electron chi connectivity index (χ4n) is 4.46. The van der Waals surface area contributed by atoms with Crippen LogP contribution < -0.4 is 14.8 Å². The topological polar surface area (TPSA) is 87.5 Å². The molecule has 212 valence electrons. The van der Waals surface area contributed by atoms with Crippen LogP contribution in [0.25, 0.3) is 0 Å². The standard InChI is InChI=1S/C30H28Cl2N4O4S/c1-4-39-25-15-20(11-14-24(25)40-16-19-9-12-22(31)13-10-19)27-26(28(37)38-3)18(2)33-29-34-30(35-36(27)29)41-17-21-7-5-6-8-23(21)32/h5-15,27H,4,16-17H2,1-3H3,(H,33,34,35). The van der Waals surface area contributed by atoms with Crippen molar-refractivity contribution >= 4 is 46.9 Å². The summed E-state index contributed by atoms with van der Waals surface area (Å²) in [6.07, 6.45) is 0. The van der Waals surface area contributed by atoms with Crippen molar-refractivity contribution in [3.63, 3.8) is 0 Å². The summed E-state index contributed by atoms with van der Waals surface area (Å²) in [6, 6.07) is 20.1. The molecule has 3 aromatic carbocycles. The lowest BCUT2D eigenvalue weighted by Gasteiger charge is -2.28. The van der Waals surface area contributed by atoms with Crippen molar-refractivity contribution in [3.05, 3.63) is 105 Å². The van der Waals surface area contributed by atoms with E-state index in [0.29, 0.717) is 62.9 Å². The van der Waals surface area contributed by atoms with E-state index < -0.39 is 12.0 Å². The van der Waals surface area contributed by atoms with Gasteiger partial charge >= 0.3 is 5.97 Å². The zero-order valence-electron chi connectivity index (χ0n) is 22.7. The number of nitrogens with zero attached hydrogens (tertiary/aromatic N) is 3. The van der Waals surface area contributed by atoms with Gasteiger partial charge in [0.05, 0.1) is 19.3 Å². The molecule has 0 aliphatic carbocycles. The van der Waals surface area contributed by atoms with Crippen molar-refractivity contribution in [2.45, 2.75) is 37.4 Å². The Morgan fingerprint density at radius 3 is 2.56 bits per heavy atom. The number of benzene rings is 3. The number of rotatable bonds is 10. The zero-order chi connectivity index (χ0) is 28.9. The molecule has 0 fully saturated rings. The van der Waals surface area contributed by atoms with Crippen molar-refractivity contribution in [1.82, 2.24) is 14.8 Å². The first-order valence-corrected chi connectivity index (χ1v) is 14.6. The van der Waals surface area contributed by atoms with Gasteiger partial charge in [-0.2, -0.15) is 4.98 Å². The van der Waals surface area contributed by atoms with E-state index in [9.17, 15) is 4.79 Å². The van der Waals surface area contributed by atoms with E-state index in [1.807, 2.05) is 80.6 Å². The minimum Gasteiger partial charge on any atom is -0.490 e. The maximum absolute atomic E-state index is 13.0. The molecule has 1 unspecified atom stereocenters. The summed E-state index contributed by atoms with van der Waals surface area (Å²) in [6.45, 7) is 4.50. The van der Waals surface area contributed by atoms with Crippen LogP contribution in [0, 0.1) is 0 Å². The van der Waals surface area contributed by atoms with Crippen molar-refractivity contribution in [3.8, 4) is 11.5 Å². The number of nitrogens with one attached hydrogen (secondary N) is 1. The Labute approximate surface area is 252 Å². The van der Waals surface area contributed by atoms with Gasteiger partial charge in [-0.05, 0) is 60.9 Å². The van der Waals surface area contributed by atoms with Crippen LogP contribution >= 0.6 is 35.0 Å². The second-order valence-corrected chi connectivity index (χ2v) is 10.9. The molecule has 2 heterocycles. The van der Waals surface area contributed by atoms with Gasteiger partial charge in [0, 0.05) is 21.5 Å². The largest absolute Gasteiger partial charge is 0.490 e. The number of carbonyl (C=O) groups is 1. The van der Waals surface area contributed by atoms with Gasteiger partial charge in [0.25, 0.3) is 0 Å². The molecule has 1 N–H and O–H groups in total. The lowest BCUT2D eigenvalue weighted by atomic mass is 9.95. The predicted octanol–water partition coefficient (Wildman–Crippen LogP) is 7.32. The van der Waals surface area contributed by atoms with Crippen LogP contribution in [0.5, 0.6) is 11.5 Å². The van der Waals surface area contributed by atoms with Gasteiger partial charge in [-0.1, -0.05) is 71.4 Å². The normalized spacial score (nSPS) is 14.3. The van der Waals surface area contributed by atoms with Crippen LogP contribution in [-0.4, -0.2) is 34.5 Å². The summed E-state index contributed by atoms with van der Waals surface area (Å²) in [5.41, 5.74) is 3.77. The van der Waals surface area contributed by atoms with Crippen LogP contribution in [0.15, 0.2) is 83.2 Å². The first-order valence-electron chi connectivity index (χ1n) is 12.9. The summed E-state index contributed by atoms with van der Waals surface area (Å²) < 4.78 is 18.9. The molecule has 41 heavy (non-hydrogen) atoms. The lowest BCUT2D eigenvalue weighted by Crippen LogP contribution is -2.29. The third kappa shape index (κ3) is 6.48. The number of thioether (sulfide) groups is 1. The highest BCUT2D eigenvalue weighted by atomic mass is 35.5. The maximum Gasteiger partial charge on any atom is 0.338 e. The fraction of sp³-hybridized carbons (Fsp3) is 0.233. The number of aromatic nitrogens is 3. The van der Waals surface area contributed by atoms with E-state index in [0.717, 1.165) is 16.7 Å². The summed E-state index contributed by atoms with van der Waals surface area (Å²) in [5.74, 6) is 1.78. The Kier molecular flexibility index (Phi) is 9.07. The summed E-state index contributed by atoms with van der Waals surface area (Å²) in [7, 11) is 1.36. The molecule has 11 heteroatoms. The average Bonchev–Trinajstić information content (AvgIpc) is 3.38. The van der Waals surface area contributed by atoms with Gasteiger partial charge in [0.2, 0.25) is 11.1 Å². The minimum atomic E-state index is -0.606. The van der Waals surface area contributed by atoms with Gasteiger partial charge < -0.3 is 19.5 Å². The monoisotopic (exact) mass is 610 g/mol.